The fourth-order valence-corrected chi connectivity index (χ4v) is 5.28. The van der Waals surface area contributed by atoms with Gasteiger partial charge in [0.15, 0.2) is 0 Å². The Hall–Kier alpha value is -2.83. The number of carbonyl (C=O) groups is 3. The van der Waals surface area contributed by atoms with Crippen LogP contribution >= 0.6 is 0 Å². The summed E-state index contributed by atoms with van der Waals surface area (Å²) in [5, 5.41) is 3.92. The number of aromatic nitrogens is 1. The number of H-pyrrole nitrogens is 1. The van der Waals surface area contributed by atoms with Crippen molar-refractivity contribution >= 4 is 28.5 Å². The van der Waals surface area contributed by atoms with E-state index in [-0.39, 0.29) is 35.5 Å². The van der Waals surface area contributed by atoms with Gasteiger partial charge in [-0.1, -0.05) is 34.6 Å². The van der Waals surface area contributed by atoms with Gasteiger partial charge in [0.05, 0.1) is 13.2 Å². The van der Waals surface area contributed by atoms with Crippen LogP contribution in [0.1, 0.15) is 71.2 Å². The second kappa shape index (κ2) is 8.50. The number of benzene rings is 1. The highest BCUT2D eigenvalue weighted by Crippen LogP contribution is 2.42. The van der Waals surface area contributed by atoms with Gasteiger partial charge in [0.25, 0.3) is 0 Å². The molecule has 2 aliphatic heterocycles. The summed E-state index contributed by atoms with van der Waals surface area (Å²) in [4.78, 5) is 44.8. The molecule has 2 amide bonds. The quantitative estimate of drug-likeness (QED) is 0.694. The van der Waals surface area contributed by atoms with Gasteiger partial charge in [0.2, 0.25) is 11.8 Å². The molecule has 0 bridgehead atoms. The monoisotopic (exact) mass is 453 g/mol. The first-order valence-corrected chi connectivity index (χ1v) is 11.8. The fraction of sp³-hybridized carbons (Fsp3) is 0.577. The van der Waals surface area contributed by atoms with Gasteiger partial charge in [0, 0.05) is 41.9 Å². The van der Waals surface area contributed by atoms with E-state index in [0.29, 0.717) is 18.8 Å². The molecule has 0 saturated carbocycles. The van der Waals surface area contributed by atoms with Crippen LogP contribution in [-0.2, 0) is 20.8 Å². The molecule has 1 aromatic heterocycles. The van der Waals surface area contributed by atoms with Crippen molar-refractivity contribution in [3.63, 3.8) is 0 Å². The van der Waals surface area contributed by atoms with E-state index in [9.17, 15) is 14.4 Å². The molecule has 7 heteroatoms. The number of hydrogen-bond donors (Lipinski definition) is 2. The number of ether oxygens (including phenoxy) is 1. The van der Waals surface area contributed by atoms with Crippen molar-refractivity contribution in [1.82, 2.24) is 15.2 Å². The van der Waals surface area contributed by atoms with Crippen LogP contribution in [0.3, 0.4) is 0 Å². The van der Waals surface area contributed by atoms with E-state index in [1.165, 1.54) is 0 Å². The Labute approximate surface area is 195 Å². The molecular formula is C26H35N3O4. The van der Waals surface area contributed by atoms with Gasteiger partial charge >= 0.3 is 0 Å². The van der Waals surface area contributed by atoms with Gasteiger partial charge in [-0.2, -0.15) is 0 Å². The fourth-order valence-electron chi connectivity index (χ4n) is 5.28. The molecule has 1 aromatic carbocycles. The predicted octanol–water partition coefficient (Wildman–Crippen LogP) is 3.91. The van der Waals surface area contributed by atoms with Crippen LogP contribution in [0.5, 0.6) is 5.75 Å². The van der Waals surface area contributed by atoms with Gasteiger partial charge in [-0.25, -0.2) is 0 Å². The SMILES string of the molecule is COc1ccc2c3c([nH]c2c1)[C@H](CC(C)C)N1C(=O)[C@H](CC(=O)CC(C)(C)C)NC(=O)[C@@H]1C3. The first kappa shape index (κ1) is 23.3. The number of Topliss-reactive ketones (excluding diaryl/α,β-unsaturated/α-hetero) is 1. The molecule has 2 N–H and O–H groups in total. The standard InChI is InChI=1S/C26H35N3O4/c1-14(2)9-21-23-18(17-8-7-16(33-6)11-19(17)27-23)12-22-24(31)28-20(25(32)29(21)22)10-15(30)13-26(3,4)5/h7-8,11,14,20-22,27H,9-10,12-13H2,1-6H3,(H,28,31)/t20-,21-,22-/m0/s1. The average molecular weight is 454 g/mol. The lowest BCUT2D eigenvalue weighted by atomic mass is 9.84. The lowest BCUT2D eigenvalue weighted by Gasteiger charge is -2.46. The minimum absolute atomic E-state index is 0.00425. The zero-order chi connectivity index (χ0) is 24.1. The maximum Gasteiger partial charge on any atom is 0.246 e. The van der Waals surface area contributed by atoms with E-state index >= 15 is 0 Å². The van der Waals surface area contributed by atoms with Crippen LogP contribution < -0.4 is 10.1 Å². The Kier molecular flexibility index (Phi) is 6.01. The molecule has 4 rings (SSSR count). The highest BCUT2D eigenvalue weighted by molar-refractivity contribution is 6.01. The number of carbonyl (C=O) groups excluding carboxylic acids is 3. The molecule has 3 atom stereocenters. The summed E-state index contributed by atoms with van der Waals surface area (Å²) in [5.74, 6) is 0.738. The van der Waals surface area contributed by atoms with E-state index < -0.39 is 12.1 Å². The number of nitrogens with zero attached hydrogens (tertiary/aromatic N) is 1. The van der Waals surface area contributed by atoms with Gasteiger partial charge in [-0.05, 0) is 35.4 Å². The molecule has 178 valence electrons. The number of piperazine rings is 1. The van der Waals surface area contributed by atoms with Crippen LogP contribution in [0, 0.1) is 11.3 Å². The summed E-state index contributed by atoms with van der Waals surface area (Å²) in [5.41, 5.74) is 2.86. The van der Waals surface area contributed by atoms with Gasteiger partial charge in [-0.3, -0.25) is 14.4 Å². The summed E-state index contributed by atoms with van der Waals surface area (Å²) in [6.07, 6.45) is 1.60. The summed E-state index contributed by atoms with van der Waals surface area (Å²) >= 11 is 0. The predicted molar refractivity (Wildman–Crippen MR) is 127 cm³/mol. The number of nitrogens with one attached hydrogen (secondary N) is 2. The van der Waals surface area contributed by atoms with E-state index in [2.05, 4.69) is 24.1 Å². The van der Waals surface area contributed by atoms with Crippen molar-refractivity contribution in [2.75, 3.05) is 7.11 Å². The Morgan fingerprint density at radius 2 is 1.97 bits per heavy atom. The zero-order valence-electron chi connectivity index (χ0n) is 20.5. The van der Waals surface area contributed by atoms with Gasteiger partial charge in [0.1, 0.15) is 23.6 Å². The number of hydrogen-bond acceptors (Lipinski definition) is 4. The van der Waals surface area contributed by atoms with Crippen LogP contribution in [0.25, 0.3) is 10.9 Å². The van der Waals surface area contributed by atoms with Crippen molar-refractivity contribution in [2.45, 2.75) is 78.4 Å². The summed E-state index contributed by atoms with van der Waals surface area (Å²) < 4.78 is 5.38. The normalized spacial score (nSPS) is 22.9. The largest absolute Gasteiger partial charge is 0.497 e. The molecule has 0 unspecified atom stereocenters. The molecule has 0 radical (unpaired) electrons. The Bertz CT molecular complexity index is 1090. The summed E-state index contributed by atoms with van der Waals surface area (Å²) in [6, 6.07) is 4.28. The Morgan fingerprint density at radius 3 is 2.61 bits per heavy atom. The second-order valence-electron chi connectivity index (χ2n) is 11.1. The van der Waals surface area contributed by atoms with Crippen molar-refractivity contribution in [1.29, 1.82) is 0 Å². The lowest BCUT2D eigenvalue weighted by molar-refractivity contribution is -0.154. The minimum atomic E-state index is -0.802. The first-order chi connectivity index (χ1) is 15.5. The zero-order valence-corrected chi connectivity index (χ0v) is 20.5. The van der Waals surface area contributed by atoms with Crippen LogP contribution in [0.4, 0.5) is 0 Å². The first-order valence-electron chi connectivity index (χ1n) is 11.8. The third kappa shape index (κ3) is 4.50. The summed E-state index contributed by atoms with van der Waals surface area (Å²) in [7, 11) is 1.63. The van der Waals surface area contributed by atoms with Crippen molar-refractivity contribution < 1.29 is 19.1 Å². The van der Waals surface area contributed by atoms with Crippen LogP contribution in [0.2, 0.25) is 0 Å². The molecule has 33 heavy (non-hydrogen) atoms. The highest BCUT2D eigenvalue weighted by Gasteiger charge is 2.48. The number of ketones is 1. The maximum absolute atomic E-state index is 13.6. The van der Waals surface area contributed by atoms with E-state index in [0.717, 1.165) is 34.3 Å². The third-order valence-corrected chi connectivity index (χ3v) is 6.57. The number of fused-ring (bicyclic) bond motifs is 4. The van der Waals surface area contributed by atoms with E-state index in [1.54, 1.807) is 12.0 Å². The molecule has 1 saturated heterocycles. The van der Waals surface area contributed by atoms with Gasteiger partial charge < -0.3 is 19.9 Å². The van der Waals surface area contributed by atoms with E-state index in [1.807, 2.05) is 39.0 Å². The number of aromatic amines is 1. The minimum Gasteiger partial charge on any atom is -0.497 e. The highest BCUT2D eigenvalue weighted by atomic mass is 16.5. The van der Waals surface area contributed by atoms with Crippen molar-refractivity contribution in [3.05, 3.63) is 29.5 Å². The molecule has 2 aliphatic rings. The second-order valence-corrected chi connectivity index (χ2v) is 11.1. The molecule has 1 fully saturated rings. The number of rotatable bonds is 6. The smallest absolute Gasteiger partial charge is 0.246 e. The molecule has 3 heterocycles. The van der Waals surface area contributed by atoms with E-state index in [4.69, 9.17) is 4.74 Å². The number of methoxy groups -OCH3 is 1. The Morgan fingerprint density at radius 1 is 1.24 bits per heavy atom. The molecule has 0 spiro atoms. The third-order valence-electron chi connectivity index (χ3n) is 6.57. The Balaban J connectivity index is 1.71. The van der Waals surface area contributed by atoms with Crippen LogP contribution in [0.15, 0.2) is 18.2 Å². The summed E-state index contributed by atoms with van der Waals surface area (Å²) in [6.45, 7) is 10.2. The maximum atomic E-state index is 13.6. The molecule has 2 aromatic rings. The van der Waals surface area contributed by atoms with Crippen LogP contribution in [-0.4, -0.2) is 46.7 Å². The number of amides is 2. The molecule has 0 aliphatic carbocycles. The average Bonchev–Trinajstić information content (AvgIpc) is 3.07. The van der Waals surface area contributed by atoms with Crippen molar-refractivity contribution in [3.8, 4) is 5.75 Å². The van der Waals surface area contributed by atoms with Gasteiger partial charge in [-0.15, -0.1) is 0 Å². The molecule has 7 nitrogen and oxygen atoms in total. The topological polar surface area (TPSA) is 91.5 Å². The van der Waals surface area contributed by atoms with Crippen molar-refractivity contribution in [2.24, 2.45) is 11.3 Å². The molecular weight excluding hydrogens is 418 g/mol. The lowest BCUT2D eigenvalue weighted by Crippen LogP contribution is -2.66.